The average molecular weight is 425 g/mol. The second-order valence-corrected chi connectivity index (χ2v) is 8.28. The van der Waals surface area contributed by atoms with Gasteiger partial charge >= 0.3 is 0 Å². The third-order valence-corrected chi connectivity index (χ3v) is 6.26. The van der Waals surface area contributed by atoms with Crippen LogP contribution in [0.3, 0.4) is 0 Å². The highest BCUT2D eigenvalue weighted by molar-refractivity contribution is 9.12. The number of pyridine rings is 1. The van der Waals surface area contributed by atoms with Crippen molar-refractivity contribution in [3.8, 4) is 5.75 Å². The number of dihydropyridines is 1. The number of aromatic hydroxyl groups is 1. The Morgan fingerprint density at radius 2 is 2.22 bits per heavy atom. The monoisotopic (exact) mass is 423 g/mol. The molecule has 126 valence electrons. The van der Waals surface area contributed by atoms with Gasteiger partial charge in [0.15, 0.2) is 4.75 Å². The molecule has 7 nitrogen and oxygen atoms in total. The van der Waals surface area contributed by atoms with E-state index in [1.807, 2.05) is 0 Å². The van der Waals surface area contributed by atoms with Gasteiger partial charge in [-0.3, -0.25) is 9.98 Å². The Balaban J connectivity index is 2.65. The molecular formula is C13H15BrClN3O4S. The first kappa shape index (κ1) is 18.3. The van der Waals surface area contributed by atoms with Gasteiger partial charge in [0.25, 0.3) is 0 Å². The van der Waals surface area contributed by atoms with E-state index in [1.165, 1.54) is 18.3 Å². The lowest BCUT2D eigenvalue weighted by Crippen LogP contribution is -2.44. The van der Waals surface area contributed by atoms with Crippen LogP contribution in [0.5, 0.6) is 5.75 Å². The molecule has 1 aromatic heterocycles. The number of allylic oxidation sites excluding steroid dienone is 1. The third kappa shape index (κ3) is 3.29. The second kappa shape index (κ2) is 6.48. The molecule has 0 fully saturated rings. The van der Waals surface area contributed by atoms with Crippen LogP contribution >= 0.6 is 27.5 Å². The van der Waals surface area contributed by atoms with Crippen molar-refractivity contribution in [2.24, 2.45) is 10.1 Å². The molecule has 4 N–H and O–H groups in total. The van der Waals surface area contributed by atoms with Crippen LogP contribution in [0.15, 0.2) is 27.8 Å². The van der Waals surface area contributed by atoms with Crippen molar-refractivity contribution in [1.82, 2.24) is 4.98 Å². The molecular weight excluding hydrogens is 410 g/mol. The van der Waals surface area contributed by atoms with Crippen LogP contribution < -0.4 is 5.14 Å². The zero-order valence-corrected chi connectivity index (χ0v) is 15.2. The van der Waals surface area contributed by atoms with E-state index < -0.39 is 14.8 Å². The molecule has 1 aliphatic heterocycles. The first-order chi connectivity index (χ1) is 10.6. The molecule has 0 aliphatic carbocycles. The highest BCUT2D eigenvalue weighted by Gasteiger charge is 2.47. The van der Waals surface area contributed by atoms with E-state index in [4.69, 9.17) is 21.8 Å². The Kier molecular flexibility index (Phi) is 5.17. The Labute approximate surface area is 147 Å². The number of hydrogen-bond donors (Lipinski definition) is 3. The van der Waals surface area contributed by atoms with E-state index >= 15 is 0 Å². The Hall–Kier alpha value is -1.00. The van der Waals surface area contributed by atoms with E-state index in [9.17, 15) is 13.5 Å². The number of nitrogens with two attached hydrogens (primary N) is 1. The zero-order valence-electron chi connectivity index (χ0n) is 12.1. The fraction of sp³-hybridized carbons (Fsp3) is 0.385. The van der Waals surface area contributed by atoms with E-state index in [0.717, 1.165) is 0 Å². The molecule has 0 radical (unpaired) electrons. The summed E-state index contributed by atoms with van der Waals surface area (Å²) in [5, 5.41) is 24.9. The number of aliphatic hydroxyl groups is 1. The molecule has 2 atom stereocenters. The summed E-state index contributed by atoms with van der Waals surface area (Å²) in [6, 6.07) is 1.36. The molecule has 0 saturated heterocycles. The van der Waals surface area contributed by atoms with Gasteiger partial charge in [0.1, 0.15) is 16.6 Å². The van der Waals surface area contributed by atoms with Crippen molar-refractivity contribution in [3.63, 3.8) is 0 Å². The molecule has 0 amide bonds. The summed E-state index contributed by atoms with van der Waals surface area (Å²) in [7, 11) is -4.20. The van der Waals surface area contributed by atoms with E-state index in [-0.39, 0.29) is 40.2 Å². The van der Waals surface area contributed by atoms with Crippen molar-refractivity contribution in [3.05, 3.63) is 34.1 Å². The molecule has 0 aromatic carbocycles. The number of aromatic nitrogens is 1. The maximum absolute atomic E-state index is 12.2. The molecule has 0 spiro atoms. The Morgan fingerprint density at radius 3 is 2.70 bits per heavy atom. The highest BCUT2D eigenvalue weighted by atomic mass is 79.9. The largest absolute Gasteiger partial charge is 0.506 e. The average Bonchev–Trinajstić information content (AvgIpc) is 2.48. The van der Waals surface area contributed by atoms with Gasteiger partial charge in [0.2, 0.25) is 10.0 Å². The van der Waals surface area contributed by atoms with Crippen molar-refractivity contribution < 1.29 is 18.6 Å². The lowest BCUT2D eigenvalue weighted by Gasteiger charge is -2.29. The SMILES string of the molecule is CC(CO)c1cnc(C2(S(N)(=O)=O)C=C(Br)C(Cl)=NC2)c(O)c1. The summed E-state index contributed by atoms with van der Waals surface area (Å²) in [5.74, 6) is -0.601. The quantitative estimate of drug-likeness (QED) is 0.671. The fourth-order valence-electron chi connectivity index (χ4n) is 2.19. The smallest absolute Gasteiger partial charge is 0.226 e. The molecule has 2 unspecified atom stereocenters. The van der Waals surface area contributed by atoms with Gasteiger partial charge in [-0.05, 0) is 33.6 Å². The number of sulfonamides is 1. The minimum atomic E-state index is -4.20. The number of aliphatic hydroxyl groups excluding tert-OH is 1. The summed E-state index contributed by atoms with van der Waals surface area (Å²) < 4.78 is 22.8. The van der Waals surface area contributed by atoms with Gasteiger partial charge in [-0.1, -0.05) is 18.5 Å². The van der Waals surface area contributed by atoms with Gasteiger partial charge < -0.3 is 10.2 Å². The fourth-order valence-corrected chi connectivity index (χ4v) is 3.93. The minimum absolute atomic E-state index is 0.106. The van der Waals surface area contributed by atoms with Crippen LogP contribution in [0, 0.1) is 0 Å². The van der Waals surface area contributed by atoms with Gasteiger partial charge in [-0.15, -0.1) is 0 Å². The van der Waals surface area contributed by atoms with Gasteiger partial charge in [-0.25, -0.2) is 13.6 Å². The Morgan fingerprint density at radius 1 is 1.57 bits per heavy atom. The predicted octanol–water partition coefficient (Wildman–Crippen LogP) is 1.30. The minimum Gasteiger partial charge on any atom is -0.506 e. The number of nitrogens with zero attached hydrogens (tertiary/aromatic N) is 2. The summed E-state index contributed by atoms with van der Waals surface area (Å²) in [5.41, 5.74) is 0.428. The number of primary sulfonamides is 1. The molecule has 2 heterocycles. The van der Waals surface area contributed by atoms with Crippen LogP contribution in [0.2, 0.25) is 0 Å². The topological polar surface area (TPSA) is 126 Å². The number of aliphatic imine (C=N–C) groups is 1. The van der Waals surface area contributed by atoms with Crippen LogP contribution in [-0.4, -0.2) is 41.9 Å². The molecule has 10 heteroatoms. The molecule has 0 bridgehead atoms. The van der Waals surface area contributed by atoms with E-state index in [2.05, 4.69) is 25.9 Å². The highest BCUT2D eigenvalue weighted by Crippen LogP contribution is 2.40. The number of rotatable bonds is 4. The van der Waals surface area contributed by atoms with Gasteiger partial charge in [0.05, 0.1) is 11.0 Å². The molecule has 23 heavy (non-hydrogen) atoms. The van der Waals surface area contributed by atoms with Crippen LogP contribution in [0.25, 0.3) is 0 Å². The standard InChI is InChI=1S/C13H15BrClN3O4S/c1-7(5-19)8-2-10(20)11(17-4-8)13(23(16,21)22)3-9(14)12(15)18-6-13/h2-4,7,19-20H,5-6H2,1H3,(H2,16,21,22). The third-order valence-electron chi connectivity index (χ3n) is 3.65. The lowest BCUT2D eigenvalue weighted by molar-refractivity contribution is 0.272. The van der Waals surface area contributed by atoms with Crippen LogP contribution in [0.1, 0.15) is 24.1 Å². The summed E-state index contributed by atoms with van der Waals surface area (Å²) in [6.45, 7) is 1.31. The van der Waals surface area contributed by atoms with Gasteiger partial charge in [0, 0.05) is 18.7 Å². The molecule has 0 saturated carbocycles. The van der Waals surface area contributed by atoms with Crippen LogP contribution in [-0.2, 0) is 14.8 Å². The first-order valence-electron chi connectivity index (χ1n) is 6.53. The predicted molar refractivity (Wildman–Crippen MR) is 91.4 cm³/mol. The molecule has 2 rings (SSSR count). The van der Waals surface area contributed by atoms with E-state index in [0.29, 0.717) is 5.56 Å². The number of halogens is 2. The maximum Gasteiger partial charge on any atom is 0.226 e. The summed E-state index contributed by atoms with van der Waals surface area (Å²) >= 11 is 8.97. The number of hydrogen-bond acceptors (Lipinski definition) is 6. The van der Waals surface area contributed by atoms with Crippen molar-refractivity contribution >= 4 is 42.7 Å². The van der Waals surface area contributed by atoms with Crippen molar-refractivity contribution in [1.29, 1.82) is 0 Å². The lowest BCUT2D eigenvalue weighted by atomic mass is 9.97. The zero-order chi connectivity index (χ0) is 17.4. The van der Waals surface area contributed by atoms with Gasteiger partial charge in [-0.2, -0.15) is 0 Å². The second-order valence-electron chi connectivity index (χ2n) is 5.25. The maximum atomic E-state index is 12.2. The first-order valence-corrected chi connectivity index (χ1v) is 9.25. The summed E-state index contributed by atoms with van der Waals surface area (Å²) in [6.07, 6.45) is 2.67. The Bertz CT molecular complexity index is 796. The molecule has 1 aliphatic rings. The molecule has 1 aromatic rings. The normalized spacial score (nSPS) is 23.2. The summed E-state index contributed by atoms with van der Waals surface area (Å²) in [4.78, 5) is 8.01. The van der Waals surface area contributed by atoms with Crippen molar-refractivity contribution in [2.75, 3.05) is 13.2 Å². The van der Waals surface area contributed by atoms with Crippen molar-refractivity contribution in [2.45, 2.75) is 17.6 Å². The van der Waals surface area contributed by atoms with Crippen LogP contribution in [0.4, 0.5) is 0 Å². The van der Waals surface area contributed by atoms with E-state index in [1.54, 1.807) is 6.92 Å².